The molecule has 0 saturated carbocycles. The molecule has 1 aromatic heterocycles. The molecule has 6 nitrogen and oxygen atoms in total. The molecular weight excluding hydrogens is 385 g/mol. The monoisotopic (exact) mass is 403 g/mol. The van der Waals surface area contributed by atoms with Crippen LogP contribution in [0.1, 0.15) is 38.7 Å². The number of halogens is 1. The van der Waals surface area contributed by atoms with Crippen LogP contribution in [0.15, 0.2) is 30.3 Å². The first-order valence-electron chi connectivity index (χ1n) is 8.51. The minimum atomic E-state index is -0.619. The molecule has 1 aliphatic carbocycles. The summed E-state index contributed by atoms with van der Waals surface area (Å²) in [4.78, 5) is 37.6. The van der Waals surface area contributed by atoms with E-state index in [1.807, 2.05) is 0 Å². The SMILES string of the molecule is COC(=O)c1c(NC(=O)/C=C/c2ccc(F)cc2)sc2c1[C@H](C(=O)OC)CC2. The molecule has 0 saturated heterocycles. The molecule has 0 spiro atoms. The fraction of sp³-hybridized carbons (Fsp3) is 0.250. The Bertz CT molecular complexity index is 948. The van der Waals surface area contributed by atoms with Crippen molar-refractivity contribution < 1.29 is 28.2 Å². The van der Waals surface area contributed by atoms with E-state index in [-0.39, 0.29) is 11.4 Å². The number of hydrogen-bond donors (Lipinski definition) is 1. The van der Waals surface area contributed by atoms with Crippen LogP contribution >= 0.6 is 11.3 Å². The first-order chi connectivity index (χ1) is 13.4. The average Bonchev–Trinajstić information content (AvgIpc) is 3.25. The van der Waals surface area contributed by atoms with Crippen LogP contribution in [0.5, 0.6) is 0 Å². The molecule has 0 fully saturated rings. The van der Waals surface area contributed by atoms with Gasteiger partial charge in [-0.15, -0.1) is 11.3 Å². The van der Waals surface area contributed by atoms with E-state index in [2.05, 4.69) is 5.32 Å². The number of esters is 2. The number of nitrogens with one attached hydrogen (secondary N) is 1. The maximum Gasteiger partial charge on any atom is 0.341 e. The van der Waals surface area contributed by atoms with Gasteiger partial charge in [-0.3, -0.25) is 9.59 Å². The summed E-state index contributed by atoms with van der Waals surface area (Å²) >= 11 is 1.25. The lowest BCUT2D eigenvalue weighted by Crippen LogP contribution is -2.16. The molecule has 3 rings (SSSR count). The summed E-state index contributed by atoms with van der Waals surface area (Å²) in [6.45, 7) is 0. The molecule has 1 aromatic carbocycles. The Morgan fingerprint density at radius 3 is 2.54 bits per heavy atom. The van der Waals surface area contributed by atoms with E-state index >= 15 is 0 Å². The molecule has 2 aromatic rings. The van der Waals surface area contributed by atoms with Gasteiger partial charge in [-0.2, -0.15) is 0 Å². The van der Waals surface area contributed by atoms with Crippen LogP contribution in [-0.2, 0) is 25.5 Å². The van der Waals surface area contributed by atoms with Gasteiger partial charge in [0.1, 0.15) is 10.8 Å². The number of aryl methyl sites for hydroxylation is 1. The lowest BCUT2D eigenvalue weighted by atomic mass is 9.99. The zero-order valence-electron chi connectivity index (χ0n) is 15.3. The number of ether oxygens (including phenoxy) is 2. The van der Waals surface area contributed by atoms with E-state index in [1.54, 1.807) is 12.1 Å². The summed E-state index contributed by atoms with van der Waals surface area (Å²) in [7, 11) is 2.54. The Morgan fingerprint density at radius 1 is 1.18 bits per heavy atom. The number of fused-ring (bicyclic) bond motifs is 1. The van der Waals surface area contributed by atoms with Crippen LogP contribution < -0.4 is 5.32 Å². The zero-order valence-corrected chi connectivity index (χ0v) is 16.1. The standard InChI is InChI=1S/C20H18FNO5S/c1-26-19(24)13-8-9-14-16(13)17(20(25)27-2)18(28-14)22-15(23)10-5-11-3-6-12(21)7-4-11/h3-7,10,13H,8-9H2,1-2H3,(H,22,23)/b10-5+/t13-/m1/s1. The molecule has 0 aliphatic heterocycles. The number of rotatable bonds is 5. The summed E-state index contributed by atoms with van der Waals surface area (Å²) in [5.41, 5.74) is 1.42. The van der Waals surface area contributed by atoms with Crippen LogP contribution in [0.3, 0.4) is 0 Å². The number of anilines is 1. The summed E-state index contributed by atoms with van der Waals surface area (Å²) in [6.07, 6.45) is 3.99. The van der Waals surface area contributed by atoms with Crippen LogP contribution in [0, 0.1) is 5.82 Å². The highest BCUT2D eigenvalue weighted by Gasteiger charge is 2.38. The predicted octanol–water partition coefficient (Wildman–Crippen LogP) is 3.53. The van der Waals surface area contributed by atoms with Crippen LogP contribution in [0.25, 0.3) is 6.08 Å². The van der Waals surface area contributed by atoms with Gasteiger partial charge in [-0.25, -0.2) is 9.18 Å². The average molecular weight is 403 g/mol. The highest BCUT2D eigenvalue weighted by molar-refractivity contribution is 7.17. The van der Waals surface area contributed by atoms with Gasteiger partial charge in [0.15, 0.2) is 0 Å². The maximum atomic E-state index is 12.9. The van der Waals surface area contributed by atoms with E-state index < -0.39 is 23.8 Å². The third-order valence-corrected chi connectivity index (χ3v) is 5.62. The van der Waals surface area contributed by atoms with E-state index in [0.717, 1.165) is 4.88 Å². The summed E-state index contributed by atoms with van der Waals surface area (Å²) < 4.78 is 22.6. The Kier molecular flexibility index (Phi) is 5.89. The molecule has 1 atom stereocenters. The largest absolute Gasteiger partial charge is 0.469 e. The lowest BCUT2D eigenvalue weighted by molar-refractivity contribution is -0.142. The van der Waals surface area contributed by atoms with Crippen molar-refractivity contribution in [1.29, 1.82) is 0 Å². The third-order valence-electron chi connectivity index (χ3n) is 4.44. The van der Waals surface area contributed by atoms with Crippen molar-refractivity contribution in [2.45, 2.75) is 18.8 Å². The van der Waals surface area contributed by atoms with Gasteiger partial charge < -0.3 is 14.8 Å². The van der Waals surface area contributed by atoms with Gasteiger partial charge in [-0.1, -0.05) is 12.1 Å². The molecule has 8 heteroatoms. The predicted molar refractivity (Wildman–Crippen MR) is 103 cm³/mol. The van der Waals surface area contributed by atoms with Crippen LogP contribution in [0.4, 0.5) is 9.39 Å². The normalized spacial score (nSPS) is 15.3. The topological polar surface area (TPSA) is 81.7 Å². The van der Waals surface area contributed by atoms with Crippen molar-refractivity contribution >= 4 is 40.3 Å². The number of hydrogen-bond acceptors (Lipinski definition) is 6. The third kappa shape index (κ3) is 3.96. The van der Waals surface area contributed by atoms with E-state index in [4.69, 9.17) is 9.47 Å². The van der Waals surface area contributed by atoms with E-state index in [1.165, 1.54) is 49.8 Å². The van der Waals surface area contributed by atoms with Gasteiger partial charge >= 0.3 is 11.9 Å². The van der Waals surface area contributed by atoms with E-state index in [0.29, 0.717) is 29.0 Å². The van der Waals surface area contributed by atoms with Gasteiger partial charge in [0, 0.05) is 11.0 Å². The fourth-order valence-corrected chi connectivity index (χ4v) is 4.40. The molecule has 1 heterocycles. The summed E-state index contributed by atoms with van der Waals surface area (Å²) in [5.74, 6) is -2.41. The van der Waals surface area contributed by atoms with E-state index in [9.17, 15) is 18.8 Å². The highest BCUT2D eigenvalue weighted by Crippen LogP contribution is 2.45. The van der Waals surface area contributed by atoms with Crippen molar-refractivity contribution in [3.05, 3.63) is 57.7 Å². The number of methoxy groups -OCH3 is 2. The molecular formula is C20H18FNO5S. The molecule has 0 unspecified atom stereocenters. The first kappa shape index (κ1) is 19.8. The maximum absolute atomic E-state index is 12.9. The zero-order chi connectivity index (χ0) is 20.3. The van der Waals surface area contributed by atoms with Gasteiger partial charge in [0.25, 0.3) is 0 Å². The number of benzene rings is 1. The second-order valence-electron chi connectivity index (χ2n) is 6.12. The Labute approximate surface area is 165 Å². The number of thiophene rings is 1. The molecule has 1 amide bonds. The highest BCUT2D eigenvalue weighted by atomic mass is 32.1. The van der Waals surface area contributed by atoms with Crippen molar-refractivity contribution in [3.8, 4) is 0 Å². The quantitative estimate of drug-likeness (QED) is 0.610. The molecule has 28 heavy (non-hydrogen) atoms. The fourth-order valence-electron chi connectivity index (χ4n) is 3.14. The molecule has 146 valence electrons. The van der Waals surface area contributed by atoms with Gasteiger partial charge in [-0.05, 0) is 42.2 Å². The number of carbonyl (C=O) groups is 3. The van der Waals surface area contributed by atoms with Crippen molar-refractivity contribution in [2.24, 2.45) is 0 Å². The Morgan fingerprint density at radius 2 is 1.89 bits per heavy atom. The minimum absolute atomic E-state index is 0.193. The second kappa shape index (κ2) is 8.35. The van der Waals surface area contributed by atoms with Crippen molar-refractivity contribution in [3.63, 3.8) is 0 Å². The molecule has 1 N–H and O–H groups in total. The van der Waals surface area contributed by atoms with Crippen LogP contribution in [0.2, 0.25) is 0 Å². The Hall–Kier alpha value is -3.00. The van der Waals surface area contributed by atoms with Gasteiger partial charge in [0.2, 0.25) is 5.91 Å². The molecule has 0 radical (unpaired) electrons. The van der Waals surface area contributed by atoms with Crippen LogP contribution in [-0.4, -0.2) is 32.1 Å². The van der Waals surface area contributed by atoms with Gasteiger partial charge in [0.05, 0.1) is 25.7 Å². The minimum Gasteiger partial charge on any atom is -0.469 e. The Balaban J connectivity index is 1.86. The number of carbonyl (C=O) groups excluding carboxylic acids is 3. The van der Waals surface area contributed by atoms with Crippen molar-refractivity contribution in [2.75, 3.05) is 19.5 Å². The lowest BCUT2D eigenvalue weighted by Gasteiger charge is -2.11. The first-order valence-corrected chi connectivity index (χ1v) is 9.32. The smallest absolute Gasteiger partial charge is 0.341 e. The molecule has 0 bridgehead atoms. The summed E-state index contributed by atoms with van der Waals surface area (Å²) in [5, 5.41) is 3.01. The summed E-state index contributed by atoms with van der Waals surface area (Å²) in [6, 6.07) is 5.67. The molecule has 1 aliphatic rings. The number of amides is 1. The second-order valence-corrected chi connectivity index (χ2v) is 7.23. The van der Waals surface area contributed by atoms with Crippen molar-refractivity contribution in [1.82, 2.24) is 0 Å².